The van der Waals surface area contributed by atoms with Gasteiger partial charge in [-0.1, -0.05) is 0 Å². The van der Waals surface area contributed by atoms with Crippen LogP contribution in [0.1, 0.15) is 0 Å². The summed E-state index contributed by atoms with van der Waals surface area (Å²) in [6.45, 7) is 0. The number of alkyl halides is 6. The van der Waals surface area contributed by atoms with E-state index in [1.165, 1.54) is 0 Å². The molecule has 0 aliphatic rings. The van der Waals surface area contributed by atoms with E-state index in [4.69, 9.17) is 0 Å². The Morgan fingerprint density at radius 2 is 1.44 bits per heavy atom. The molecule has 0 aromatic carbocycles. The fourth-order valence-electron chi connectivity index (χ4n) is 0.143. The van der Waals surface area contributed by atoms with Crippen molar-refractivity contribution in [3.63, 3.8) is 0 Å². The lowest BCUT2D eigenvalue weighted by molar-refractivity contribution is -0.176. The highest BCUT2D eigenvalue weighted by atomic mass is 35.5. The zero-order valence-corrected chi connectivity index (χ0v) is 5.43. The summed E-state index contributed by atoms with van der Waals surface area (Å²) in [5.41, 5.74) is 0. The summed E-state index contributed by atoms with van der Waals surface area (Å²) >= 11 is 9.17. The summed E-state index contributed by atoms with van der Waals surface area (Å²) in [4.78, 5) is -2.04. The van der Waals surface area contributed by atoms with Gasteiger partial charge in [-0.25, -0.2) is 4.39 Å². The first-order valence-electron chi connectivity index (χ1n) is 1.84. The van der Waals surface area contributed by atoms with Crippen LogP contribution < -0.4 is 0 Å². The summed E-state index contributed by atoms with van der Waals surface area (Å²) < 4.78 is 45.1. The molecule has 0 saturated heterocycles. The van der Waals surface area contributed by atoms with Gasteiger partial charge in [0, 0.05) is 0 Å². The number of hydrogen-bond acceptors (Lipinski definition) is 0. The molecule has 0 aromatic heterocycles. The van der Waals surface area contributed by atoms with Crippen LogP contribution in [0.3, 0.4) is 0 Å². The van der Waals surface area contributed by atoms with Gasteiger partial charge in [0.1, 0.15) is 4.84 Å². The van der Waals surface area contributed by atoms with Gasteiger partial charge in [0.15, 0.2) is 0 Å². The van der Waals surface area contributed by atoms with Crippen molar-refractivity contribution in [2.24, 2.45) is 0 Å². The fourth-order valence-corrected chi connectivity index (χ4v) is 0.429. The molecule has 0 saturated carbocycles. The topological polar surface area (TPSA) is 0 Å². The molecule has 0 N–H and O–H groups in total. The molecule has 0 amide bonds. The van der Waals surface area contributed by atoms with Gasteiger partial charge in [-0.2, -0.15) is 13.2 Å². The minimum absolute atomic E-state index is 2.04. The zero-order chi connectivity index (χ0) is 7.65. The third-order valence-electron chi connectivity index (χ3n) is 0.534. The highest BCUT2D eigenvalue weighted by molar-refractivity contribution is 6.44. The van der Waals surface area contributed by atoms with Crippen LogP contribution in [-0.4, -0.2) is 17.2 Å². The van der Waals surface area contributed by atoms with Gasteiger partial charge in [-0.15, -0.1) is 23.2 Å². The molecule has 0 heterocycles. The molecule has 0 aliphatic carbocycles. The van der Waals surface area contributed by atoms with Gasteiger partial charge in [0.25, 0.3) is 0 Å². The smallest absolute Gasteiger partial charge is 0.234 e. The highest BCUT2D eigenvalue weighted by Gasteiger charge is 2.44. The lowest BCUT2D eigenvalue weighted by Gasteiger charge is -2.11. The Labute approximate surface area is 58.7 Å². The van der Waals surface area contributed by atoms with Crippen LogP contribution in [0.2, 0.25) is 0 Å². The van der Waals surface area contributed by atoms with Gasteiger partial charge in [0.05, 0.1) is 0 Å². The van der Waals surface area contributed by atoms with E-state index in [1.807, 2.05) is 0 Å². The van der Waals surface area contributed by atoms with E-state index >= 15 is 0 Å². The first-order valence-corrected chi connectivity index (χ1v) is 2.72. The number of halogens is 6. The van der Waals surface area contributed by atoms with Gasteiger partial charge in [-0.3, -0.25) is 0 Å². The third-order valence-corrected chi connectivity index (χ3v) is 0.976. The second-order valence-corrected chi connectivity index (χ2v) is 2.44. The molecular formula is C3H2Cl2F4. The van der Waals surface area contributed by atoms with Crippen LogP contribution in [0.15, 0.2) is 0 Å². The second kappa shape index (κ2) is 2.92. The van der Waals surface area contributed by atoms with E-state index in [2.05, 4.69) is 23.2 Å². The maximum atomic E-state index is 11.6. The molecule has 1 atom stereocenters. The summed E-state index contributed by atoms with van der Waals surface area (Å²) in [7, 11) is 0. The minimum Gasteiger partial charge on any atom is -0.234 e. The minimum atomic E-state index is -4.95. The van der Waals surface area contributed by atoms with Crippen LogP contribution >= 0.6 is 23.2 Å². The van der Waals surface area contributed by atoms with Crippen LogP contribution in [-0.2, 0) is 0 Å². The van der Waals surface area contributed by atoms with Crippen LogP contribution in [0, 0.1) is 0 Å². The Morgan fingerprint density at radius 3 is 1.44 bits per heavy atom. The maximum Gasteiger partial charge on any atom is 0.422 e. The molecule has 0 spiro atoms. The first kappa shape index (κ1) is 9.30. The molecule has 56 valence electrons. The Hall–Kier alpha value is 0.300. The van der Waals surface area contributed by atoms with Gasteiger partial charge >= 0.3 is 6.18 Å². The second-order valence-electron chi connectivity index (χ2n) is 1.28. The maximum absolute atomic E-state index is 11.6. The highest BCUT2D eigenvalue weighted by Crippen LogP contribution is 2.29. The van der Waals surface area contributed by atoms with Crippen molar-refractivity contribution in [1.29, 1.82) is 0 Å². The van der Waals surface area contributed by atoms with Crippen molar-refractivity contribution in [2.75, 3.05) is 0 Å². The largest absolute Gasteiger partial charge is 0.422 e. The predicted octanol–water partition coefficient (Wildman–Crippen LogP) is 2.69. The van der Waals surface area contributed by atoms with Crippen molar-refractivity contribution in [3.05, 3.63) is 0 Å². The third kappa shape index (κ3) is 3.11. The molecule has 0 aromatic rings. The van der Waals surface area contributed by atoms with E-state index < -0.39 is 17.2 Å². The summed E-state index contributed by atoms with van der Waals surface area (Å²) in [6.07, 6.45) is -8.10. The average Bonchev–Trinajstić information content (AvgIpc) is 1.62. The lowest BCUT2D eigenvalue weighted by atomic mass is 10.4. The molecule has 0 nitrogen and oxygen atoms in total. The van der Waals surface area contributed by atoms with Gasteiger partial charge < -0.3 is 0 Å². The van der Waals surface area contributed by atoms with E-state index in [0.717, 1.165) is 0 Å². The van der Waals surface area contributed by atoms with Gasteiger partial charge in [-0.05, 0) is 0 Å². The van der Waals surface area contributed by atoms with Crippen molar-refractivity contribution < 1.29 is 17.6 Å². The Morgan fingerprint density at radius 1 is 1.11 bits per heavy atom. The quantitative estimate of drug-likeness (QED) is 0.435. The first-order chi connectivity index (χ1) is 3.85. The van der Waals surface area contributed by atoms with Crippen molar-refractivity contribution in [2.45, 2.75) is 17.2 Å². The fraction of sp³-hybridized carbons (Fsp3) is 1.00. The van der Waals surface area contributed by atoms with Crippen molar-refractivity contribution >= 4 is 23.2 Å². The van der Waals surface area contributed by atoms with Crippen molar-refractivity contribution in [1.82, 2.24) is 0 Å². The SMILES string of the molecule is FC(C(Cl)Cl)C(F)(F)F. The number of rotatable bonds is 1. The summed E-state index contributed by atoms with van der Waals surface area (Å²) in [5, 5.41) is 0. The number of hydrogen-bond donors (Lipinski definition) is 0. The summed E-state index contributed by atoms with van der Waals surface area (Å²) in [6, 6.07) is 0. The van der Waals surface area contributed by atoms with Crippen LogP contribution in [0.5, 0.6) is 0 Å². The Bertz CT molecular complexity index is 88.3. The molecular weight excluding hydrogens is 183 g/mol. The molecule has 1 unspecified atom stereocenters. The average molecular weight is 185 g/mol. The van der Waals surface area contributed by atoms with E-state index in [1.54, 1.807) is 0 Å². The van der Waals surface area contributed by atoms with Crippen LogP contribution in [0.25, 0.3) is 0 Å². The Kier molecular flexibility index (Phi) is 3.02. The van der Waals surface area contributed by atoms with E-state index in [0.29, 0.717) is 0 Å². The monoisotopic (exact) mass is 184 g/mol. The molecule has 6 heteroatoms. The normalized spacial score (nSPS) is 16.3. The van der Waals surface area contributed by atoms with Gasteiger partial charge in [0.2, 0.25) is 6.17 Å². The molecule has 0 rings (SSSR count). The van der Waals surface area contributed by atoms with Crippen molar-refractivity contribution in [3.8, 4) is 0 Å². The zero-order valence-electron chi connectivity index (χ0n) is 3.92. The predicted molar refractivity (Wildman–Crippen MR) is 26.4 cm³/mol. The van der Waals surface area contributed by atoms with E-state index in [-0.39, 0.29) is 0 Å². The Balaban J connectivity index is 3.88. The summed E-state index contributed by atoms with van der Waals surface area (Å²) in [5.74, 6) is 0. The molecule has 0 aliphatic heterocycles. The molecule has 0 radical (unpaired) electrons. The lowest BCUT2D eigenvalue weighted by Crippen LogP contribution is -2.29. The van der Waals surface area contributed by atoms with Crippen LogP contribution in [0.4, 0.5) is 17.6 Å². The molecule has 0 fully saturated rings. The molecule has 0 bridgehead atoms. The standard InChI is InChI=1S/C3H2Cl2F4/c4-2(5)1(6)3(7,8)9/h1-2H. The molecule has 9 heavy (non-hydrogen) atoms. The van der Waals surface area contributed by atoms with E-state index in [9.17, 15) is 17.6 Å².